The third-order valence-electron chi connectivity index (χ3n) is 6.95. The summed E-state index contributed by atoms with van der Waals surface area (Å²) < 4.78 is 0. The summed E-state index contributed by atoms with van der Waals surface area (Å²) >= 11 is 1.60. The zero-order valence-corrected chi connectivity index (χ0v) is 20.1. The molecule has 1 fully saturated rings. The molecule has 3 rings (SSSR count). The van der Waals surface area contributed by atoms with Gasteiger partial charge in [-0.05, 0) is 57.8 Å². The fourth-order valence-electron chi connectivity index (χ4n) is 5.11. The smallest absolute Gasteiger partial charge is 0.324 e. The van der Waals surface area contributed by atoms with Crippen LogP contribution in [0.25, 0.3) is 0 Å². The molecule has 0 spiro atoms. The number of hydrogen-bond donors (Lipinski definition) is 3. The van der Waals surface area contributed by atoms with E-state index in [1.54, 1.807) is 11.3 Å². The lowest BCUT2D eigenvalue weighted by Crippen LogP contribution is -2.56. The van der Waals surface area contributed by atoms with Gasteiger partial charge in [-0.15, -0.1) is 11.3 Å². The maximum atomic E-state index is 13.5. The van der Waals surface area contributed by atoms with Gasteiger partial charge < -0.3 is 26.6 Å². The van der Waals surface area contributed by atoms with E-state index in [-0.39, 0.29) is 17.9 Å². The molecule has 0 radical (unpaired) electrons. The molecule has 3 amide bonds. The summed E-state index contributed by atoms with van der Waals surface area (Å²) in [5.74, 6) is 0.0895. The minimum absolute atomic E-state index is 0.0630. The number of nitrogens with one attached hydrogen (secondary N) is 1. The number of likely N-dealkylation sites (N-methyl/N-ethyl adjacent to an activating group) is 2. The Balaban J connectivity index is 1.74. The van der Waals surface area contributed by atoms with Crippen LogP contribution in [0.4, 0.5) is 15.5 Å². The minimum atomic E-state index is -0.287. The highest BCUT2D eigenvalue weighted by molar-refractivity contribution is 7.16. The molecular weight excluding hydrogens is 412 g/mol. The minimum Gasteiger partial charge on any atom is -0.396 e. The molecule has 1 aliphatic carbocycles. The van der Waals surface area contributed by atoms with Gasteiger partial charge in [0, 0.05) is 37.1 Å². The Bertz CT molecular complexity index is 793. The Morgan fingerprint density at radius 3 is 2.52 bits per heavy atom. The van der Waals surface area contributed by atoms with Crippen molar-refractivity contribution < 1.29 is 9.59 Å². The predicted molar refractivity (Wildman–Crippen MR) is 127 cm³/mol. The van der Waals surface area contributed by atoms with Crippen LogP contribution in [0.5, 0.6) is 0 Å². The summed E-state index contributed by atoms with van der Waals surface area (Å²) in [7, 11) is 2.09. The highest BCUT2D eigenvalue weighted by Gasteiger charge is 2.43. The van der Waals surface area contributed by atoms with E-state index in [1.165, 1.54) is 15.3 Å². The summed E-state index contributed by atoms with van der Waals surface area (Å²) in [6.07, 6.45) is 2.57. The molecule has 0 bridgehead atoms. The Morgan fingerprint density at radius 1 is 1.16 bits per heavy atom. The quantitative estimate of drug-likeness (QED) is 0.585. The average molecular weight is 451 g/mol. The van der Waals surface area contributed by atoms with Crippen molar-refractivity contribution in [2.45, 2.75) is 46.1 Å². The summed E-state index contributed by atoms with van der Waals surface area (Å²) in [6.45, 7) is 10.2. The third-order valence-corrected chi connectivity index (χ3v) is 8.05. The fourth-order valence-corrected chi connectivity index (χ4v) is 6.18. The van der Waals surface area contributed by atoms with Crippen LogP contribution >= 0.6 is 11.3 Å². The molecule has 1 saturated heterocycles. The second-order valence-corrected chi connectivity index (χ2v) is 9.88. The number of thiophene rings is 1. The van der Waals surface area contributed by atoms with E-state index in [0.717, 1.165) is 38.0 Å². The molecule has 5 N–H and O–H groups in total. The van der Waals surface area contributed by atoms with E-state index >= 15 is 0 Å². The van der Waals surface area contributed by atoms with E-state index in [0.29, 0.717) is 43.1 Å². The molecular formula is C22H38N6O2S. The molecule has 9 heteroatoms. The van der Waals surface area contributed by atoms with E-state index in [2.05, 4.69) is 36.0 Å². The van der Waals surface area contributed by atoms with Crippen molar-refractivity contribution in [3.05, 3.63) is 10.4 Å². The first-order valence-corrected chi connectivity index (χ1v) is 12.3. The van der Waals surface area contributed by atoms with Gasteiger partial charge in [0.2, 0.25) is 5.91 Å². The molecule has 2 aliphatic rings. The molecule has 1 aromatic heterocycles. The molecule has 1 aromatic rings. The molecule has 8 nitrogen and oxygen atoms in total. The zero-order chi connectivity index (χ0) is 22.7. The van der Waals surface area contributed by atoms with Crippen LogP contribution in [-0.2, 0) is 17.6 Å². The maximum absolute atomic E-state index is 13.5. The highest BCUT2D eigenvalue weighted by Crippen LogP contribution is 2.44. The number of carbonyl (C=O) groups is 2. The monoisotopic (exact) mass is 450 g/mol. The molecule has 174 valence electrons. The van der Waals surface area contributed by atoms with Crippen molar-refractivity contribution >= 4 is 34.0 Å². The second kappa shape index (κ2) is 10.2. The predicted octanol–water partition coefficient (Wildman–Crippen LogP) is 1.85. The lowest BCUT2D eigenvalue weighted by Gasteiger charge is -2.45. The SMILES string of the molecule is CCNC(=O)N(CCN(CC)CC)C(=O)[C@@H]1C[C@@H]2Cc3c(sc(N)c3N)C[C@H]2N(C)C1. The van der Waals surface area contributed by atoms with Crippen LogP contribution in [0.15, 0.2) is 0 Å². The van der Waals surface area contributed by atoms with Crippen LogP contribution in [0.1, 0.15) is 37.6 Å². The Hall–Kier alpha value is -1.84. The largest absolute Gasteiger partial charge is 0.396 e. The van der Waals surface area contributed by atoms with E-state index in [4.69, 9.17) is 11.5 Å². The number of rotatable bonds is 7. The zero-order valence-electron chi connectivity index (χ0n) is 19.3. The number of amides is 3. The van der Waals surface area contributed by atoms with Gasteiger partial charge in [0.1, 0.15) is 5.00 Å². The number of nitrogens with two attached hydrogens (primary N) is 2. The molecule has 1 aliphatic heterocycles. The second-order valence-electron chi connectivity index (χ2n) is 8.74. The van der Waals surface area contributed by atoms with Crippen LogP contribution in [0.3, 0.4) is 0 Å². The van der Waals surface area contributed by atoms with Gasteiger partial charge in [0.25, 0.3) is 0 Å². The Morgan fingerprint density at radius 2 is 1.87 bits per heavy atom. The summed E-state index contributed by atoms with van der Waals surface area (Å²) in [5.41, 5.74) is 14.2. The Labute approximate surface area is 189 Å². The summed E-state index contributed by atoms with van der Waals surface area (Å²) in [6, 6.07) is 0.104. The number of carbonyl (C=O) groups excluding carboxylic acids is 2. The number of nitrogen functional groups attached to an aromatic ring is 2. The number of fused-ring (bicyclic) bond motifs is 2. The molecule has 2 heterocycles. The van der Waals surface area contributed by atoms with Gasteiger partial charge in [-0.2, -0.15) is 0 Å². The maximum Gasteiger partial charge on any atom is 0.324 e. The summed E-state index contributed by atoms with van der Waals surface area (Å²) in [5, 5.41) is 3.53. The van der Waals surface area contributed by atoms with Gasteiger partial charge in [-0.1, -0.05) is 13.8 Å². The van der Waals surface area contributed by atoms with Crippen LogP contribution in [-0.4, -0.2) is 79.0 Å². The number of nitrogens with zero attached hydrogens (tertiary/aromatic N) is 3. The molecule has 0 aromatic carbocycles. The van der Waals surface area contributed by atoms with Gasteiger partial charge in [0.05, 0.1) is 11.6 Å². The number of likely N-dealkylation sites (tertiary alicyclic amines) is 1. The van der Waals surface area contributed by atoms with E-state index in [9.17, 15) is 9.59 Å². The van der Waals surface area contributed by atoms with Crippen molar-refractivity contribution in [2.75, 3.05) is 57.8 Å². The van der Waals surface area contributed by atoms with Crippen molar-refractivity contribution in [1.82, 2.24) is 20.0 Å². The standard InChI is InChI=1S/C22H38N6O2S/c1-5-25-22(30)28(9-8-27(6-2)7-3)21(29)15-10-14-11-16-18(31-20(24)19(16)23)12-17(14)26(4)13-15/h14-15,17H,5-13,23-24H2,1-4H3,(H,25,30)/t14-,15-,17-/m1/s1. The van der Waals surface area contributed by atoms with Gasteiger partial charge in [-0.25, -0.2) is 4.79 Å². The number of imide groups is 1. The van der Waals surface area contributed by atoms with Crippen LogP contribution < -0.4 is 16.8 Å². The van der Waals surface area contributed by atoms with Crippen molar-refractivity contribution in [3.63, 3.8) is 0 Å². The average Bonchev–Trinajstić information content (AvgIpc) is 3.03. The van der Waals surface area contributed by atoms with Crippen molar-refractivity contribution in [2.24, 2.45) is 11.8 Å². The van der Waals surface area contributed by atoms with Crippen molar-refractivity contribution in [1.29, 1.82) is 0 Å². The van der Waals surface area contributed by atoms with Gasteiger partial charge >= 0.3 is 6.03 Å². The van der Waals surface area contributed by atoms with Crippen molar-refractivity contribution in [3.8, 4) is 0 Å². The van der Waals surface area contributed by atoms with Gasteiger partial charge in [-0.3, -0.25) is 9.69 Å². The molecule has 31 heavy (non-hydrogen) atoms. The third kappa shape index (κ3) is 4.99. The number of hydrogen-bond acceptors (Lipinski definition) is 7. The van der Waals surface area contributed by atoms with E-state index < -0.39 is 0 Å². The first-order chi connectivity index (χ1) is 14.8. The fraction of sp³-hybridized carbons (Fsp3) is 0.727. The Kier molecular flexibility index (Phi) is 7.82. The van der Waals surface area contributed by atoms with Crippen LogP contribution in [0, 0.1) is 11.8 Å². The lowest BCUT2D eigenvalue weighted by atomic mass is 9.74. The number of anilines is 2. The normalized spacial score (nSPS) is 23.3. The van der Waals surface area contributed by atoms with Gasteiger partial charge in [0.15, 0.2) is 0 Å². The molecule has 3 atom stereocenters. The van der Waals surface area contributed by atoms with Crippen LogP contribution in [0.2, 0.25) is 0 Å². The first kappa shape index (κ1) is 23.8. The molecule has 0 saturated carbocycles. The first-order valence-electron chi connectivity index (χ1n) is 11.5. The molecule has 0 unspecified atom stereocenters. The number of urea groups is 1. The summed E-state index contributed by atoms with van der Waals surface area (Å²) in [4.78, 5) is 33.5. The topological polar surface area (TPSA) is 108 Å². The number of piperidine rings is 1. The van der Waals surface area contributed by atoms with E-state index in [1.807, 2.05) is 6.92 Å². The highest BCUT2D eigenvalue weighted by atomic mass is 32.1. The lowest BCUT2D eigenvalue weighted by molar-refractivity contribution is -0.136.